The van der Waals surface area contributed by atoms with E-state index in [-0.39, 0.29) is 0 Å². The maximum absolute atomic E-state index is 10.4. The van der Waals surface area contributed by atoms with Crippen LogP contribution in [0.25, 0.3) is 0 Å². The highest BCUT2D eigenvalue weighted by Crippen LogP contribution is 2.22. The van der Waals surface area contributed by atoms with E-state index in [4.69, 9.17) is 10.00 Å². The molecule has 1 unspecified atom stereocenters. The first-order valence-corrected chi connectivity index (χ1v) is 8.83. The van der Waals surface area contributed by atoms with E-state index < -0.39 is 6.10 Å². The van der Waals surface area contributed by atoms with E-state index in [1.165, 1.54) is 0 Å². The normalized spacial score (nSPS) is 17.0. The number of β-amino-alcohol motifs (C(OH)–C–C–N with tert-alkyl or cyclic N) is 1. The highest BCUT2D eigenvalue weighted by atomic mass is 16.5. The first-order chi connectivity index (χ1) is 12.2. The van der Waals surface area contributed by atoms with Gasteiger partial charge in [0, 0.05) is 6.54 Å². The number of para-hydroxylation sites is 1. The molecule has 1 aliphatic rings. The second kappa shape index (κ2) is 8.66. The van der Waals surface area contributed by atoms with E-state index in [0.717, 1.165) is 43.9 Å². The van der Waals surface area contributed by atoms with Gasteiger partial charge in [-0.2, -0.15) is 5.26 Å². The van der Waals surface area contributed by atoms with Gasteiger partial charge in [0.25, 0.3) is 0 Å². The van der Waals surface area contributed by atoms with E-state index in [9.17, 15) is 5.11 Å². The third-order valence-corrected chi connectivity index (χ3v) is 4.79. The molecule has 3 rings (SSSR count). The van der Waals surface area contributed by atoms with Crippen molar-refractivity contribution in [2.45, 2.75) is 18.9 Å². The summed E-state index contributed by atoms with van der Waals surface area (Å²) >= 11 is 0. The van der Waals surface area contributed by atoms with Crippen LogP contribution >= 0.6 is 0 Å². The summed E-state index contributed by atoms with van der Waals surface area (Å²) in [5.74, 6) is 1.50. The Balaban J connectivity index is 1.42. The lowest BCUT2D eigenvalue weighted by Crippen LogP contribution is -2.38. The molecule has 1 heterocycles. The Morgan fingerprint density at radius 3 is 2.40 bits per heavy atom. The number of nitriles is 1. The van der Waals surface area contributed by atoms with Gasteiger partial charge in [-0.3, -0.25) is 0 Å². The third kappa shape index (κ3) is 5.06. The minimum absolute atomic E-state index is 0.509. The molecule has 25 heavy (non-hydrogen) atoms. The summed E-state index contributed by atoms with van der Waals surface area (Å²) in [6, 6.07) is 19.2. The Hall–Kier alpha value is -2.35. The highest BCUT2D eigenvalue weighted by molar-refractivity contribution is 5.32. The molecule has 0 saturated carbocycles. The molecule has 2 aromatic rings. The number of benzene rings is 2. The van der Waals surface area contributed by atoms with Crippen molar-refractivity contribution in [3.05, 3.63) is 65.7 Å². The predicted octanol–water partition coefficient (Wildman–Crippen LogP) is 3.38. The van der Waals surface area contributed by atoms with Crippen molar-refractivity contribution in [1.29, 1.82) is 5.26 Å². The first kappa shape index (κ1) is 17.5. The lowest BCUT2D eigenvalue weighted by Gasteiger charge is -2.33. The average Bonchev–Trinajstić information content (AvgIpc) is 2.68. The number of aliphatic hydroxyl groups excluding tert-OH is 1. The molecule has 0 bridgehead atoms. The molecular weight excluding hydrogens is 312 g/mol. The van der Waals surface area contributed by atoms with Gasteiger partial charge in [0.1, 0.15) is 5.75 Å². The van der Waals surface area contributed by atoms with Crippen molar-refractivity contribution in [3.63, 3.8) is 0 Å². The van der Waals surface area contributed by atoms with Gasteiger partial charge >= 0.3 is 0 Å². The smallest absolute Gasteiger partial charge is 0.119 e. The van der Waals surface area contributed by atoms with Gasteiger partial charge in [0.15, 0.2) is 0 Å². The van der Waals surface area contributed by atoms with Crippen molar-refractivity contribution >= 4 is 0 Å². The lowest BCUT2D eigenvalue weighted by atomic mass is 9.97. The fraction of sp³-hybridized carbons (Fsp3) is 0.381. The van der Waals surface area contributed by atoms with E-state index in [1.54, 1.807) is 12.1 Å². The van der Waals surface area contributed by atoms with Crippen LogP contribution in [-0.4, -0.2) is 36.2 Å². The Labute approximate surface area is 149 Å². The molecule has 0 aliphatic carbocycles. The van der Waals surface area contributed by atoms with Gasteiger partial charge in [-0.1, -0.05) is 30.3 Å². The van der Waals surface area contributed by atoms with E-state index >= 15 is 0 Å². The Morgan fingerprint density at radius 1 is 1.08 bits per heavy atom. The molecule has 1 N–H and O–H groups in total. The quantitative estimate of drug-likeness (QED) is 0.878. The van der Waals surface area contributed by atoms with Crippen molar-refractivity contribution < 1.29 is 9.84 Å². The summed E-state index contributed by atoms with van der Waals surface area (Å²) in [4.78, 5) is 2.31. The molecule has 1 fully saturated rings. The van der Waals surface area contributed by atoms with Crippen LogP contribution < -0.4 is 4.74 Å². The fourth-order valence-corrected chi connectivity index (χ4v) is 3.20. The lowest BCUT2D eigenvalue weighted by molar-refractivity contribution is 0.0793. The largest absolute Gasteiger partial charge is 0.493 e. The summed E-state index contributed by atoms with van der Waals surface area (Å²) in [5, 5.41) is 19.2. The van der Waals surface area contributed by atoms with E-state index in [1.807, 2.05) is 42.5 Å². The van der Waals surface area contributed by atoms with Gasteiger partial charge in [-0.05, 0) is 61.7 Å². The molecule has 1 saturated heterocycles. The van der Waals surface area contributed by atoms with Gasteiger partial charge in [-0.15, -0.1) is 0 Å². The molecule has 1 atom stereocenters. The van der Waals surface area contributed by atoms with Gasteiger partial charge in [0.2, 0.25) is 0 Å². The number of rotatable bonds is 6. The standard InChI is InChI=1S/C21H24N2O2/c22-14-17-6-8-19(9-7-17)21(24)15-23-12-10-18(11-13-23)16-25-20-4-2-1-3-5-20/h1-9,18,21,24H,10-13,15-16H2. The molecule has 1 aliphatic heterocycles. The van der Waals surface area contributed by atoms with Crippen LogP contribution in [0.2, 0.25) is 0 Å². The van der Waals surface area contributed by atoms with Crippen LogP contribution in [0.4, 0.5) is 0 Å². The van der Waals surface area contributed by atoms with Crippen LogP contribution in [0.5, 0.6) is 5.75 Å². The number of piperidine rings is 1. The van der Waals surface area contributed by atoms with Crippen LogP contribution in [0.3, 0.4) is 0 Å². The van der Waals surface area contributed by atoms with Gasteiger partial charge in [-0.25, -0.2) is 0 Å². The van der Waals surface area contributed by atoms with Gasteiger partial charge in [0.05, 0.1) is 24.3 Å². The first-order valence-electron chi connectivity index (χ1n) is 8.83. The number of nitrogens with zero attached hydrogens (tertiary/aromatic N) is 2. The summed E-state index contributed by atoms with van der Waals surface area (Å²) in [5.41, 5.74) is 1.49. The number of hydrogen-bond acceptors (Lipinski definition) is 4. The molecule has 2 aromatic carbocycles. The Morgan fingerprint density at radius 2 is 1.76 bits per heavy atom. The van der Waals surface area contributed by atoms with Crippen LogP contribution in [-0.2, 0) is 0 Å². The summed E-state index contributed by atoms with van der Waals surface area (Å²) in [6.45, 7) is 3.36. The monoisotopic (exact) mass is 336 g/mol. The number of likely N-dealkylation sites (tertiary alicyclic amines) is 1. The van der Waals surface area contributed by atoms with Crippen molar-refractivity contribution in [3.8, 4) is 11.8 Å². The topological polar surface area (TPSA) is 56.5 Å². The molecule has 0 aromatic heterocycles. The SMILES string of the molecule is N#Cc1ccc(C(O)CN2CCC(COc3ccccc3)CC2)cc1. The minimum atomic E-state index is -0.509. The average molecular weight is 336 g/mol. The molecule has 4 heteroatoms. The Kier molecular flexibility index (Phi) is 6.05. The zero-order valence-corrected chi connectivity index (χ0v) is 14.3. The van der Waals surface area contributed by atoms with Crippen molar-refractivity contribution in [1.82, 2.24) is 4.90 Å². The third-order valence-electron chi connectivity index (χ3n) is 4.79. The summed E-state index contributed by atoms with van der Waals surface area (Å²) in [6.07, 6.45) is 1.67. The van der Waals surface area contributed by atoms with Crippen molar-refractivity contribution in [2.24, 2.45) is 5.92 Å². The molecule has 0 amide bonds. The molecule has 4 nitrogen and oxygen atoms in total. The Bertz CT molecular complexity index is 686. The fourth-order valence-electron chi connectivity index (χ4n) is 3.20. The second-order valence-electron chi connectivity index (χ2n) is 6.62. The summed E-state index contributed by atoms with van der Waals surface area (Å²) in [7, 11) is 0. The van der Waals surface area contributed by atoms with Crippen molar-refractivity contribution in [2.75, 3.05) is 26.2 Å². The maximum Gasteiger partial charge on any atom is 0.119 e. The maximum atomic E-state index is 10.4. The predicted molar refractivity (Wildman–Crippen MR) is 97.2 cm³/mol. The van der Waals surface area contributed by atoms with Gasteiger partial charge < -0.3 is 14.7 Å². The molecule has 130 valence electrons. The molecule has 0 spiro atoms. The minimum Gasteiger partial charge on any atom is -0.493 e. The number of hydrogen-bond donors (Lipinski definition) is 1. The van der Waals surface area contributed by atoms with Crippen LogP contribution in [0.1, 0.15) is 30.1 Å². The number of ether oxygens (including phenoxy) is 1. The molecule has 0 radical (unpaired) electrons. The zero-order valence-electron chi connectivity index (χ0n) is 14.3. The zero-order chi connectivity index (χ0) is 17.5. The highest BCUT2D eigenvalue weighted by Gasteiger charge is 2.22. The molecular formula is C21H24N2O2. The number of aliphatic hydroxyl groups is 1. The van der Waals surface area contributed by atoms with Crippen LogP contribution in [0.15, 0.2) is 54.6 Å². The summed E-state index contributed by atoms with van der Waals surface area (Å²) < 4.78 is 5.86. The second-order valence-corrected chi connectivity index (χ2v) is 6.62. The van der Waals surface area contributed by atoms with E-state index in [2.05, 4.69) is 11.0 Å². The van der Waals surface area contributed by atoms with E-state index in [0.29, 0.717) is 18.0 Å². The van der Waals surface area contributed by atoms with Crippen LogP contribution in [0, 0.1) is 17.2 Å².